The number of rotatable bonds is 3. The minimum Gasteiger partial charge on any atom is -0.298 e. The molecule has 0 unspecified atom stereocenters. The summed E-state index contributed by atoms with van der Waals surface area (Å²) in [6.07, 6.45) is 3.02. The number of hydrogen-bond acceptors (Lipinski definition) is 3. The lowest BCUT2D eigenvalue weighted by Gasteiger charge is -2.05. The van der Waals surface area contributed by atoms with Crippen LogP contribution in [0, 0.1) is 0 Å². The van der Waals surface area contributed by atoms with Gasteiger partial charge in [0.25, 0.3) is 0 Å². The maximum atomic E-state index is 11.0. The van der Waals surface area contributed by atoms with Gasteiger partial charge in [0.2, 0.25) is 0 Å². The summed E-state index contributed by atoms with van der Waals surface area (Å²) in [5, 5.41) is 0.185. The van der Waals surface area contributed by atoms with Gasteiger partial charge in [0.05, 0.1) is 11.3 Å². The molecule has 0 N–H and O–H groups in total. The van der Waals surface area contributed by atoms with Crippen LogP contribution in [0.3, 0.4) is 0 Å². The van der Waals surface area contributed by atoms with Crippen molar-refractivity contribution in [2.45, 2.75) is 13.3 Å². The van der Waals surface area contributed by atoms with Crippen LogP contribution < -0.4 is 0 Å². The second kappa shape index (κ2) is 5.06. The van der Waals surface area contributed by atoms with E-state index in [9.17, 15) is 4.79 Å². The number of aromatic nitrogens is 2. The topological polar surface area (TPSA) is 42.9 Å². The van der Waals surface area contributed by atoms with Crippen molar-refractivity contribution in [3.05, 3.63) is 46.9 Å². The zero-order chi connectivity index (χ0) is 12.3. The molecule has 0 saturated heterocycles. The normalized spacial score (nSPS) is 10.2. The Hall–Kier alpha value is -1.74. The van der Waals surface area contributed by atoms with E-state index in [4.69, 9.17) is 11.6 Å². The average molecular weight is 247 g/mol. The van der Waals surface area contributed by atoms with Gasteiger partial charge < -0.3 is 0 Å². The molecule has 3 nitrogen and oxygen atoms in total. The van der Waals surface area contributed by atoms with Gasteiger partial charge in [-0.3, -0.25) is 4.79 Å². The molecule has 0 saturated carbocycles. The number of nitrogens with zero attached hydrogens (tertiary/aromatic N) is 2. The second-order valence-electron chi connectivity index (χ2n) is 3.60. The first-order valence-corrected chi connectivity index (χ1v) is 5.69. The maximum absolute atomic E-state index is 11.0. The Morgan fingerprint density at radius 3 is 2.53 bits per heavy atom. The average Bonchev–Trinajstić information content (AvgIpc) is 2.38. The van der Waals surface area contributed by atoms with Crippen LogP contribution in [0.15, 0.2) is 30.6 Å². The van der Waals surface area contributed by atoms with E-state index in [2.05, 4.69) is 16.9 Å². The molecule has 0 bridgehead atoms. The minimum atomic E-state index is 0.185. The Bertz CT molecular complexity index is 538. The fraction of sp³-hybridized carbons (Fsp3) is 0.154. The SMILES string of the molecule is CCc1ccc(-c2ncnc(Cl)c2C=O)cc1. The molecule has 0 atom stereocenters. The van der Waals surface area contributed by atoms with E-state index in [1.807, 2.05) is 24.3 Å². The highest BCUT2D eigenvalue weighted by Crippen LogP contribution is 2.24. The summed E-state index contributed by atoms with van der Waals surface area (Å²) in [4.78, 5) is 18.9. The van der Waals surface area contributed by atoms with Crippen LogP contribution in [0.2, 0.25) is 5.15 Å². The number of benzene rings is 1. The zero-order valence-electron chi connectivity index (χ0n) is 9.35. The van der Waals surface area contributed by atoms with Crippen LogP contribution in [0.5, 0.6) is 0 Å². The van der Waals surface area contributed by atoms with Crippen molar-refractivity contribution in [2.75, 3.05) is 0 Å². The highest BCUT2D eigenvalue weighted by atomic mass is 35.5. The Morgan fingerprint density at radius 2 is 1.94 bits per heavy atom. The van der Waals surface area contributed by atoms with Gasteiger partial charge in [0.15, 0.2) is 6.29 Å². The Labute approximate surface area is 104 Å². The van der Waals surface area contributed by atoms with E-state index >= 15 is 0 Å². The summed E-state index contributed by atoms with van der Waals surface area (Å²) in [6.45, 7) is 2.09. The predicted octanol–water partition coefficient (Wildman–Crippen LogP) is 3.17. The van der Waals surface area contributed by atoms with Gasteiger partial charge in [-0.15, -0.1) is 0 Å². The smallest absolute Gasteiger partial charge is 0.155 e. The molecule has 2 rings (SSSR count). The summed E-state index contributed by atoms with van der Waals surface area (Å²) in [7, 11) is 0. The van der Waals surface area contributed by atoms with Crippen molar-refractivity contribution < 1.29 is 4.79 Å². The first-order valence-electron chi connectivity index (χ1n) is 5.31. The first kappa shape index (κ1) is 11.7. The van der Waals surface area contributed by atoms with Gasteiger partial charge in [0.1, 0.15) is 11.5 Å². The fourth-order valence-electron chi connectivity index (χ4n) is 1.61. The number of carbonyl (C=O) groups excluding carboxylic acids is 1. The fourth-order valence-corrected chi connectivity index (χ4v) is 1.78. The third kappa shape index (κ3) is 2.34. The lowest BCUT2D eigenvalue weighted by Crippen LogP contribution is -1.95. The van der Waals surface area contributed by atoms with E-state index < -0.39 is 0 Å². The van der Waals surface area contributed by atoms with E-state index in [0.717, 1.165) is 12.0 Å². The predicted molar refractivity (Wildman–Crippen MR) is 67.2 cm³/mol. The van der Waals surface area contributed by atoms with Crippen LogP contribution in [0.1, 0.15) is 22.8 Å². The lowest BCUT2D eigenvalue weighted by atomic mass is 10.0. The van der Waals surface area contributed by atoms with Gasteiger partial charge in [-0.25, -0.2) is 9.97 Å². The van der Waals surface area contributed by atoms with E-state index in [-0.39, 0.29) is 5.15 Å². The molecule has 1 aromatic heterocycles. The van der Waals surface area contributed by atoms with Crippen LogP contribution in [0.4, 0.5) is 0 Å². The summed E-state index contributed by atoms with van der Waals surface area (Å²) >= 11 is 5.86. The van der Waals surface area contributed by atoms with E-state index in [0.29, 0.717) is 17.5 Å². The molecule has 0 fully saturated rings. The highest BCUT2D eigenvalue weighted by Gasteiger charge is 2.10. The lowest BCUT2D eigenvalue weighted by molar-refractivity contribution is 0.112. The van der Waals surface area contributed by atoms with Crippen molar-refractivity contribution in [3.8, 4) is 11.3 Å². The van der Waals surface area contributed by atoms with Crippen molar-refractivity contribution in [3.63, 3.8) is 0 Å². The molecular formula is C13H11ClN2O. The standard InChI is InChI=1S/C13H11ClN2O/c1-2-9-3-5-10(6-4-9)12-11(7-17)13(14)16-8-15-12/h3-8H,2H2,1H3. The number of carbonyl (C=O) groups is 1. The molecular weight excluding hydrogens is 236 g/mol. The summed E-state index contributed by atoms with van der Waals surface area (Å²) in [5.41, 5.74) is 3.01. The molecule has 2 aromatic rings. The summed E-state index contributed by atoms with van der Waals surface area (Å²) in [6, 6.07) is 7.90. The van der Waals surface area contributed by atoms with Gasteiger partial charge in [0, 0.05) is 5.56 Å². The van der Waals surface area contributed by atoms with Gasteiger partial charge in [-0.1, -0.05) is 42.8 Å². The van der Waals surface area contributed by atoms with Crippen molar-refractivity contribution in [1.29, 1.82) is 0 Å². The first-order chi connectivity index (χ1) is 8.26. The van der Waals surface area contributed by atoms with Gasteiger partial charge in [-0.2, -0.15) is 0 Å². The monoisotopic (exact) mass is 246 g/mol. The van der Waals surface area contributed by atoms with Crippen LogP contribution >= 0.6 is 11.6 Å². The van der Waals surface area contributed by atoms with Crippen molar-refractivity contribution in [2.24, 2.45) is 0 Å². The number of hydrogen-bond donors (Lipinski definition) is 0. The highest BCUT2D eigenvalue weighted by molar-refractivity contribution is 6.32. The molecule has 0 aliphatic carbocycles. The molecule has 17 heavy (non-hydrogen) atoms. The molecule has 0 amide bonds. The van der Waals surface area contributed by atoms with Crippen LogP contribution in [0.25, 0.3) is 11.3 Å². The number of aryl methyl sites for hydroxylation is 1. The summed E-state index contributed by atoms with van der Waals surface area (Å²) < 4.78 is 0. The Kier molecular flexibility index (Phi) is 3.49. The minimum absolute atomic E-state index is 0.185. The molecule has 0 aliphatic rings. The molecule has 86 valence electrons. The third-order valence-corrected chi connectivity index (χ3v) is 2.89. The largest absolute Gasteiger partial charge is 0.298 e. The van der Waals surface area contributed by atoms with Crippen LogP contribution in [-0.2, 0) is 6.42 Å². The molecule has 4 heteroatoms. The molecule has 1 heterocycles. The number of aldehydes is 1. The zero-order valence-corrected chi connectivity index (χ0v) is 10.1. The number of halogens is 1. The second-order valence-corrected chi connectivity index (χ2v) is 3.95. The molecule has 0 radical (unpaired) electrons. The van der Waals surface area contributed by atoms with E-state index in [1.165, 1.54) is 11.9 Å². The molecule has 0 spiro atoms. The molecule has 0 aliphatic heterocycles. The van der Waals surface area contributed by atoms with Gasteiger partial charge in [-0.05, 0) is 12.0 Å². The van der Waals surface area contributed by atoms with Crippen LogP contribution in [-0.4, -0.2) is 16.3 Å². The Morgan fingerprint density at radius 1 is 1.24 bits per heavy atom. The van der Waals surface area contributed by atoms with Crippen molar-refractivity contribution >= 4 is 17.9 Å². The van der Waals surface area contributed by atoms with Gasteiger partial charge >= 0.3 is 0 Å². The maximum Gasteiger partial charge on any atom is 0.155 e. The van der Waals surface area contributed by atoms with E-state index in [1.54, 1.807) is 0 Å². The quantitative estimate of drug-likeness (QED) is 0.617. The summed E-state index contributed by atoms with van der Waals surface area (Å²) in [5.74, 6) is 0. The van der Waals surface area contributed by atoms with Crippen molar-refractivity contribution in [1.82, 2.24) is 9.97 Å². The Balaban J connectivity index is 2.52. The molecule has 1 aromatic carbocycles. The third-order valence-electron chi connectivity index (χ3n) is 2.59.